The molecule has 6 nitrogen and oxygen atoms in total. The van der Waals surface area contributed by atoms with E-state index in [-0.39, 0.29) is 16.2 Å². The summed E-state index contributed by atoms with van der Waals surface area (Å²) in [6.45, 7) is -0.0402. The van der Waals surface area contributed by atoms with E-state index < -0.39 is 22.6 Å². The summed E-state index contributed by atoms with van der Waals surface area (Å²) in [6, 6.07) is 16.4. The van der Waals surface area contributed by atoms with Gasteiger partial charge in [-0.15, -0.1) is 11.3 Å². The summed E-state index contributed by atoms with van der Waals surface area (Å²) < 4.78 is 32.7. The first-order chi connectivity index (χ1) is 14.0. The van der Waals surface area contributed by atoms with Gasteiger partial charge in [-0.05, 0) is 47.7 Å². The standard InChI is InChI=1S/C21H17NO5S2/c23-19(20-9-4-12-28-20)14-27-21(24)16-6-3-7-17(13-16)29(25,26)22-11-10-15-5-1-2-8-18(15)22/h1-9,12-13H,10-11,14H2. The maximum Gasteiger partial charge on any atom is 0.338 e. The number of carbonyl (C=O) groups is 2. The molecule has 29 heavy (non-hydrogen) atoms. The van der Waals surface area contributed by atoms with Gasteiger partial charge in [-0.2, -0.15) is 0 Å². The fourth-order valence-corrected chi connectivity index (χ4v) is 5.39. The lowest BCUT2D eigenvalue weighted by Gasteiger charge is -2.19. The van der Waals surface area contributed by atoms with Gasteiger partial charge in [0.15, 0.2) is 6.61 Å². The molecule has 0 unspecified atom stereocenters. The van der Waals surface area contributed by atoms with Crippen LogP contribution in [0.4, 0.5) is 5.69 Å². The Morgan fingerprint density at radius 2 is 1.86 bits per heavy atom. The number of hydrogen-bond donors (Lipinski definition) is 0. The molecule has 0 fully saturated rings. The van der Waals surface area contributed by atoms with E-state index in [1.165, 1.54) is 39.9 Å². The van der Waals surface area contributed by atoms with Crippen molar-refractivity contribution in [2.45, 2.75) is 11.3 Å². The van der Waals surface area contributed by atoms with Crippen LogP contribution in [-0.4, -0.2) is 33.3 Å². The van der Waals surface area contributed by atoms with Crippen LogP contribution < -0.4 is 4.31 Å². The maximum atomic E-state index is 13.1. The van der Waals surface area contributed by atoms with Crippen molar-refractivity contribution in [2.24, 2.45) is 0 Å². The Balaban J connectivity index is 1.52. The molecule has 148 valence electrons. The summed E-state index contributed by atoms with van der Waals surface area (Å²) in [7, 11) is -3.81. The predicted octanol–water partition coefficient (Wildman–Crippen LogP) is 3.54. The van der Waals surface area contributed by atoms with Crippen LogP contribution in [0.1, 0.15) is 25.6 Å². The van der Waals surface area contributed by atoms with Gasteiger partial charge in [0.25, 0.3) is 10.0 Å². The van der Waals surface area contributed by atoms with Crippen molar-refractivity contribution >= 4 is 38.8 Å². The second-order valence-electron chi connectivity index (χ2n) is 6.46. The summed E-state index contributed by atoms with van der Waals surface area (Å²) in [5, 5.41) is 1.76. The molecule has 0 saturated carbocycles. The molecule has 2 aromatic carbocycles. The average Bonchev–Trinajstić information content (AvgIpc) is 3.42. The van der Waals surface area contributed by atoms with Crippen LogP contribution in [0.25, 0.3) is 0 Å². The number of carbonyl (C=O) groups excluding carboxylic acids is 2. The number of nitrogens with zero attached hydrogens (tertiary/aromatic N) is 1. The Morgan fingerprint density at radius 3 is 2.66 bits per heavy atom. The van der Waals surface area contributed by atoms with Gasteiger partial charge >= 0.3 is 5.97 Å². The van der Waals surface area contributed by atoms with Crippen molar-refractivity contribution in [3.8, 4) is 0 Å². The number of thiophene rings is 1. The number of ketones is 1. The minimum atomic E-state index is -3.81. The van der Waals surface area contributed by atoms with Gasteiger partial charge in [0.2, 0.25) is 5.78 Å². The van der Waals surface area contributed by atoms with E-state index >= 15 is 0 Å². The molecule has 1 aromatic heterocycles. The number of anilines is 1. The third kappa shape index (κ3) is 3.81. The van der Waals surface area contributed by atoms with E-state index in [1.807, 2.05) is 12.1 Å². The van der Waals surface area contributed by atoms with Crippen LogP contribution in [-0.2, 0) is 21.2 Å². The number of benzene rings is 2. The van der Waals surface area contributed by atoms with E-state index in [0.717, 1.165) is 5.56 Å². The minimum absolute atomic E-state index is 0.00763. The Morgan fingerprint density at radius 1 is 1.03 bits per heavy atom. The fourth-order valence-electron chi connectivity index (χ4n) is 3.19. The lowest BCUT2D eigenvalue weighted by Crippen LogP contribution is -2.29. The highest BCUT2D eigenvalue weighted by molar-refractivity contribution is 7.92. The fraction of sp³-hybridized carbons (Fsp3) is 0.143. The molecule has 0 atom stereocenters. The molecule has 8 heteroatoms. The number of sulfonamides is 1. The van der Waals surface area contributed by atoms with Crippen LogP contribution in [0.15, 0.2) is 70.9 Å². The zero-order valence-electron chi connectivity index (χ0n) is 15.3. The number of hydrogen-bond acceptors (Lipinski definition) is 6. The molecule has 0 saturated heterocycles. The van der Waals surface area contributed by atoms with Crippen LogP contribution in [0.3, 0.4) is 0 Å². The topological polar surface area (TPSA) is 80.8 Å². The molecule has 3 aromatic rings. The Bertz CT molecular complexity index is 1170. The van der Waals surface area contributed by atoms with Crippen LogP contribution in [0.5, 0.6) is 0 Å². The molecule has 1 aliphatic rings. The van der Waals surface area contributed by atoms with Gasteiger partial charge in [-0.3, -0.25) is 9.10 Å². The molecular formula is C21H17NO5S2. The van der Waals surface area contributed by atoms with Crippen molar-refractivity contribution in [3.63, 3.8) is 0 Å². The second kappa shape index (κ2) is 7.81. The average molecular weight is 428 g/mol. The first kappa shape index (κ1) is 19.4. The highest BCUT2D eigenvalue weighted by Crippen LogP contribution is 2.32. The van der Waals surface area contributed by atoms with E-state index in [9.17, 15) is 18.0 Å². The Kier molecular flexibility index (Phi) is 5.21. The second-order valence-corrected chi connectivity index (χ2v) is 9.27. The Labute approximate surface area is 172 Å². The van der Waals surface area contributed by atoms with Gasteiger partial charge in [0, 0.05) is 6.54 Å². The summed E-state index contributed by atoms with van der Waals surface area (Å²) in [4.78, 5) is 24.8. The largest absolute Gasteiger partial charge is 0.454 e. The van der Waals surface area contributed by atoms with Crippen LogP contribution in [0.2, 0.25) is 0 Å². The van der Waals surface area contributed by atoms with E-state index in [0.29, 0.717) is 23.5 Å². The van der Waals surface area contributed by atoms with Gasteiger partial charge in [-0.1, -0.05) is 30.3 Å². The highest BCUT2D eigenvalue weighted by atomic mass is 32.2. The van der Waals surface area contributed by atoms with Crippen molar-refractivity contribution in [3.05, 3.63) is 82.0 Å². The number of para-hydroxylation sites is 1. The molecule has 0 N–H and O–H groups in total. The van der Waals surface area contributed by atoms with Crippen molar-refractivity contribution in [2.75, 3.05) is 17.5 Å². The minimum Gasteiger partial charge on any atom is -0.454 e. The molecule has 0 aliphatic carbocycles. The summed E-state index contributed by atoms with van der Waals surface area (Å²) in [5.41, 5.74) is 1.71. The summed E-state index contributed by atoms with van der Waals surface area (Å²) in [5.74, 6) is -1.04. The maximum absolute atomic E-state index is 13.1. The molecule has 0 spiro atoms. The number of esters is 1. The van der Waals surface area contributed by atoms with Gasteiger partial charge in [0.05, 0.1) is 21.0 Å². The number of fused-ring (bicyclic) bond motifs is 1. The molecular weight excluding hydrogens is 410 g/mol. The van der Waals surface area contributed by atoms with Gasteiger partial charge in [0.1, 0.15) is 0 Å². The number of ether oxygens (including phenoxy) is 1. The summed E-state index contributed by atoms with van der Waals surface area (Å²) in [6.07, 6.45) is 0.641. The van der Waals surface area contributed by atoms with Crippen molar-refractivity contribution in [1.29, 1.82) is 0 Å². The zero-order valence-corrected chi connectivity index (χ0v) is 16.9. The van der Waals surface area contributed by atoms with Crippen molar-refractivity contribution < 1.29 is 22.7 Å². The van der Waals surface area contributed by atoms with Gasteiger partial charge in [-0.25, -0.2) is 13.2 Å². The molecule has 4 rings (SSSR count). The Hall–Kier alpha value is -2.97. The van der Waals surface area contributed by atoms with Crippen LogP contribution >= 0.6 is 11.3 Å². The third-order valence-electron chi connectivity index (χ3n) is 4.63. The van der Waals surface area contributed by atoms with Crippen molar-refractivity contribution in [1.82, 2.24) is 0 Å². The number of Topliss-reactive ketones (excluding diaryl/α,β-unsaturated/α-hetero) is 1. The normalized spacial score (nSPS) is 13.2. The van der Waals surface area contributed by atoms with E-state index in [2.05, 4.69) is 0 Å². The molecule has 0 bridgehead atoms. The molecule has 2 heterocycles. The number of rotatable bonds is 6. The first-order valence-corrected chi connectivity index (χ1v) is 11.2. The molecule has 0 amide bonds. The van der Waals surface area contributed by atoms with Crippen LogP contribution in [0, 0.1) is 0 Å². The predicted molar refractivity (Wildman–Crippen MR) is 110 cm³/mol. The SMILES string of the molecule is O=C(OCC(=O)c1cccs1)c1cccc(S(=O)(=O)N2CCc3ccccc32)c1. The van der Waals surface area contributed by atoms with E-state index in [4.69, 9.17) is 4.74 Å². The highest BCUT2D eigenvalue weighted by Gasteiger charge is 2.31. The molecule has 1 aliphatic heterocycles. The third-order valence-corrected chi connectivity index (χ3v) is 7.35. The lowest BCUT2D eigenvalue weighted by atomic mass is 10.2. The monoisotopic (exact) mass is 427 g/mol. The zero-order chi connectivity index (χ0) is 20.4. The molecule has 0 radical (unpaired) electrons. The van der Waals surface area contributed by atoms with E-state index in [1.54, 1.807) is 29.6 Å². The lowest BCUT2D eigenvalue weighted by molar-refractivity contribution is 0.0475. The summed E-state index contributed by atoms with van der Waals surface area (Å²) >= 11 is 1.27. The smallest absolute Gasteiger partial charge is 0.338 e. The quantitative estimate of drug-likeness (QED) is 0.444. The van der Waals surface area contributed by atoms with Gasteiger partial charge < -0.3 is 4.74 Å². The first-order valence-electron chi connectivity index (χ1n) is 8.91.